The monoisotopic (exact) mass is 532 g/mol. The third kappa shape index (κ3) is 6.44. The molecule has 1 heterocycles. The average molecular weight is 533 g/mol. The van der Waals surface area contributed by atoms with Crippen molar-refractivity contribution in [3.05, 3.63) is 81.0 Å². The number of hydrogen-bond acceptors (Lipinski definition) is 7. The highest BCUT2D eigenvalue weighted by atomic mass is 16.6. The summed E-state index contributed by atoms with van der Waals surface area (Å²) in [5.41, 5.74) is 2.08. The van der Waals surface area contributed by atoms with Crippen molar-refractivity contribution in [3.63, 3.8) is 0 Å². The molecule has 2 aromatic carbocycles. The molecule has 204 valence electrons. The Hall–Kier alpha value is -4.65. The second-order valence-electron chi connectivity index (χ2n) is 9.82. The van der Waals surface area contributed by atoms with E-state index in [1.54, 1.807) is 39.8 Å². The Bertz CT molecular complexity index is 1430. The SMILES string of the molecule is CCOC(=O)c1cccc([N+](=O)[O-])c1N(Cc1ccc(-c2c(C#N)cc(C)n2CC)cc1)C(=O)OC(C)(C)C. The Morgan fingerprint density at radius 1 is 1.13 bits per heavy atom. The molecule has 10 nitrogen and oxygen atoms in total. The summed E-state index contributed by atoms with van der Waals surface area (Å²) < 4.78 is 12.8. The van der Waals surface area contributed by atoms with Crippen LogP contribution in [0.1, 0.15) is 61.8 Å². The normalized spacial score (nSPS) is 11.0. The molecule has 0 atom stereocenters. The number of nitrogens with zero attached hydrogens (tertiary/aromatic N) is 4. The molecule has 0 unspecified atom stereocenters. The van der Waals surface area contributed by atoms with Crippen LogP contribution in [0.2, 0.25) is 0 Å². The standard InChI is InChI=1S/C29H32N4O6/c1-7-31-19(3)16-22(17-30)25(31)21-14-12-20(13-15-21)18-32(28(35)39-29(4,5)6)26-23(27(34)38-8-2)10-9-11-24(26)33(36)37/h9-16H,7-8,18H2,1-6H3. The first-order chi connectivity index (χ1) is 18.4. The molecule has 0 spiro atoms. The Kier molecular flexibility index (Phi) is 8.76. The number of nitro groups is 1. The van der Waals surface area contributed by atoms with Gasteiger partial charge in [-0.15, -0.1) is 0 Å². The maximum absolute atomic E-state index is 13.4. The average Bonchev–Trinajstić information content (AvgIpc) is 3.21. The summed E-state index contributed by atoms with van der Waals surface area (Å²) in [6, 6.07) is 15.3. The largest absolute Gasteiger partial charge is 0.462 e. The molecule has 39 heavy (non-hydrogen) atoms. The van der Waals surface area contributed by atoms with Gasteiger partial charge in [-0.3, -0.25) is 15.0 Å². The molecule has 3 rings (SSSR count). The van der Waals surface area contributed by atoms with Crippen LogP contribution in [-0.2, 0) is 22.6 Å². The Morgan fingerprint density at radius 2 is 1.79 bits per heavy atom. The van der Waals surface area contributed by atoms with E-state index in [1.807, 2.05) is 36.6 Å². The second kappa shape index (κ2) is 11.8. The third-order valence-electron chi connectivity index (χ3n) is 5.90. The third-order valence-corrected chi connectivity index (χ3v) is 5.90. The quantitative estimate of drug-likeness (QED) is 0.187. The van der Waals surface area contributed by atoms with Crippen molar-refractivity contribution in [1.82, 2.24) is 4.57 Å². The number of carbonyl (C=O) groups is 2. The van der Waals surface area contributed by atoms with E-state index in [9.17, 15) is 25.0 Å². The van der Waals surface area contributed by atoms with Crippen LogP contribution in [0.25, 0.3) is 11.3 Å². The van der Waals surface area contributed by atoms with E-state index in [-0.39, 0.29) is 24.4 Å². The summed E-state index contributed by atoms with van der Waals surface area (Å²) in [4.78, 5) is 38.6. The fourth-order valence-electron chi connectivity index (χ4n) is 4.32. The molecule has 0 fully saturated rings. The predicted octanol–water partition coefficient (Wildman–Crippen LogP) is 6.38. The van der Waals surface area contributed by atoms with Crippen molar-refractivity contribution in [1.29, 1.82) is 5.26 Å². The lowest BCUT2D eigenvalue weighted by Gasteiger charge is -2.28. The zero-order valence-corrected chi connectivity index (χ0v) is 23.0. The summed E-state index contributed by atoms with van der Waals surface area (Å²) in [7, 11) is 0. The molecule has 0 saturated heterocycles. The van der Waals surface area contributed by atoms with Crippen molar-refractivity contribution >= 4 is 23.4 Å². The maximum Gasteiger partial charge on any atom is 0.415 e. The van der Waals surface area contributed by atoms with Gasteiger partial charge >= 0.3 is 12.1 Å². The fraction of sp³-hybridized carbons (Fsp3) is 0.345. The van der Waals surface area contributed by atoms with Crippen LogP contribution >= 0.6 is 0 Å². The van der Waals surface area contributed by atoms with E-state index < -0.39 is 28.3 Å². The fourth-order valence-corrected chi connectivity index (χ4v) is 4.32. The lowest BCUT2D eigenvalue weighted by Crippen LogP contribution is -2.37. The zero-order valence-electron chi connectivity index (χ0n) is 23.0. The van der Waals surface area contributed by atoms with Crippen LogP contribution in [0.5, 0.6) is 0 Å². The van der Waals surface area contributed by atoms with Gasteiger partial charge in [0.2, 0.25) is 0 Å². The van der Waals surface area contributed by atoms with E-state index in [0.29, 0.717) is 17.7 Å². The summed E-state index contributed by atoms with van der Waals surface area (Å²) in [5, 5.41) is 21.6. The topological polar surface area (TPSA) is 128 Å². The summed E-state index contributed by atoms with van der Waals surface area (Å²) >= 11 is 0. The summed E-state index contributed by atoms with van der Waals surface area (Å²) in [6.07, 6.45) is -0.853. The van der Waals surface area contributed by atoms with Crippen LogP contribution in [0.4, 0.5) is 16.2 Å². The highest BCUT2D eigenvalue weighted by Gasteiger charge is 2.33. The van der Waals surface area contributed by atoms with Gasteiger partial charge < -0.3 is 14.0 Å². The Balaban J connectivity index is 2.12. The van der Waals surface area contributed by atoms with Gasteiger partial charge in [0.15, 0.2) is 0 Å². The highest BCUT2D eigenvalue weighted by molar-refractivity contribution is 6.03. The van der Waals surface area contributed by atoms with Gasteiger partial charge in [-0.25, -0.2) is 9.59 Å². The number of amides is 1. The molecule has 1 amide bonds. The second-order valence-corrected chi connectivity index (χ2v) is 9.82. The number of aryl methyl sites for hydroxylation is 1. The van der Waals surface area contributed by atoms with Crippen molar-refractivity contribution < 1.29 is 24.0 Å². The molecule has 1 aromatic heterocycles. The number of ether oxygens (including phenoxy) is 2. The number of aromatic nitrogens is 1. The Morgan fingerprint density at radius 3 is 2.33 bits per heavy atom. The van der Waals surface area contributed by atoms with Crippen LogP contribution in [0, 0.1) is 28.4 Å². The molecular weight excluding hydrogens is 500 g/mol. The minimum Gasteiger partial charge on any atom is -0.462 e. The lowest BCUT2D eigenvalue weighted by molar-refractivity contribution is -0.384. The van der Waals surface area contributed by atoms with E-state index in [4.69, 9.17) is 9.47 Å². The molecule has 0 saturated carbocycles. The van der Waals surface area contributed by atoms with E-state index in [1.165, 1.54) is 18.2 Å². The van der Waals surface area contributed by atoms with E-state index in [2.05, 4.69) is 6.07 Å². The molecule has 0 bridgehead atoms. The molecule has 0 N–H and O–H groups in total. The van der Waals surface area contributed by atoms with Crippen molar-refractivity contribution in [2.75, 3.05) is 11.5 Å². The van der Waals surface area contributed by atoms with Crippen LogP contribution < -0.4 is 4.90 Å². The van der Waals surface area contributed by atoms with Gasteiger partial charge in [-0.1, -0.05) is 30.3 Å². The highest BCUT2D eigenvalue weighted by Crippen LogP contribution is 2.35. The molecule has 0 aliphatic rings. The summed E-state index contributed by atoms with van der Waals surface area (Å²) in [5.74, 6) is -0.792. The number of benzene rings is 2. The van der Waals surface area contributed by atoms with Gasteiger partial charge in [0.05, 0.1) is 34.9 Å². The molecule has 3 aromatic rings. The predicted molar refractivity (Wildman–Crippen MR) is 146 cm³/mol. The van der Waals surface area contributed by atoms with Crippen LogP contribution in [0.3, 0.4) is 0 Å². The Labute approximate surface area is 227 Å². The zero-order chi connectivity index (χ0) is 28.9. The smallest absolute Gasteiger partial charge is 0.415 e. The first-order valence-corrected chi connectivity index (χ1v) is 12.6. The minimum atomic E-state index is -0.899. The van der Waals surface area contributed by atoms with Crippen LogP contribution in [0.15, 0.2) is 48.5 Å². The number of para-hydroxylation sites is 1. The van der Waals surface area contributed by atoms with E-state index >= 15 is 0 Å². The number of nitriles is 1. The minimum absolute atomic E-state index is 0.0541. The molecule has 0 aliphatic heterocycles. The van der Waals surface area contributed by atoms with E-state index in [0.717, 1.165) is 21.9 Å². The molecule has 0 aliphatic carbocycles. The molecule has 10 heteroatoms. The number of anilines is 1. The van der Waals surface area contributed by atoms with Crippen molar-refractivity contribution in [2.45, 2.75) is 60.2 Å². The summed E-state index contributed by atoms with van der Waals surface area (Å²) in [6.45, 7) is 11.2. The van der Waals surface area contributed by atoms with Gasteiger partial charge in [0.1, 0.15) is 17.4 Å². The number of carbonyl (C=O) groups excluding carboxylic acids is 2. The van der Waals surface area contributed by atoms with Gasteiger partial charge in [-0.05, 0) is 64.8 Å². The molecule has 0 radical (unpaired) electrons. The van der Waals surface area contributed by atoms with Crippen molar-refractivity contribution in [3.8, 4) is 17.3 Å². The van der Waals surface area contributed by atoms with Gasteiger partial charge in [0.25, 0.3) is 5.69 Å². The van der Waals surface area contributed by atoms with Gasteiger partial charge in [-0.2, -0.15) is 5.26 Å². The lowest BCUT2D eigenvalue weighted by atomic mass is 10.0. The van der Waals surface area contributed by atoms with Crippen molar-refractivity contribution in [2.24, 2.45) is 0 Å². The van der Waals surface area contributed by atoms with Gasteiger partial charge in [0, 0.05) is 18.3 Å². The number of nitro benzene ring substituents is 1. The number of esters is 1. The first kappa shape index (κ1) is 28.9. The number of rotatable bonds is 8. The number of hydrogen-bond donors (Lipinski definition) is 0. The first-order valence-electron chi connectivity index (χ1n) is 12.6. The van der Waals surface area contributed by atoms with Crippen LogP contribution in [-0.4, -0.2) is 33.8 Å². The maximum atomic E-state index is 13.4. The molecular formula is C29H32N4O6.